The van der Waals surface area contributed by atoms with Gasteiger partial charge in [-0.15, -0.1) is 10.2 Å². The van der Waals surface area contributed by atoms with E-state index in [-0.39, 0.29) is 0 Å². The van der Waals surface area contributed by atoms with E-state index in [1.54, 1.807) is 11.3 Å². The van der Waals surface area contributed by atoms with Gasteiger partial charge >= 0.3 is 0 Å². The van der Waals surface area contributed by atoms with Crippen molar-refractivity contribution in [2.75, 3.05) is 5.32 Å². The van der Waals surface area contributed by atoms with Crippen molar-refractivity contribution in [1.29, 1.82) is 0 Å². The molecule has 6 heteroatoms. The van der Waals surface area contributed by atoms with Gasteiger partial charge in [0.1, 0.15) is 0 Å². The third kappa shape index (κ3) is 2.34. The van der Waals surface area contributed by atoms with Crippen molar-refractivity contribution in [3.63, 3.8) is 0 Å². The molecule has 20 heavy (non-hydrogen) atoms. The van der Waals surface area contributed by atoms with E-state index >= 15 is 0 Å². The van der Waals surface area contributed by atoms with E-state index in [1.165, 1.54) is 0 Å². The Morgan fingerprint density at radius 1 is 1.25 bits per heavy atom. The molecule has 0 radical (unpaired) electrons. The number of anilines is 2. The minimum Gasteiger partial charge on any atom is -0.314 e. The van der Waals surface area contributed by atoms with Gasteiger partial charge < -0.3 is 5.32 Å². The van der Waals surface area contributed by atoms with Gasteiger partial charge in [-0.3, -0.25) is 0 Å². The largest absolute Gasteiger partial charge is 0.314 e. The number of benzene rings is 1. The number of thiazole rings is 1. The van der Waals surface area contributed by atoms with Crippen LogP contribution in [0.25, 0.3) is 10.2 Å². The van der Waals surface area contributed by atoms with Crippen molar-refractivity contribution in [3.8, 4) is 0 Å². The second kappa shape index (κ2) is 5.34. The topological polar surface area (TPSA) is 50.7 Å². The Labute approximate surface area is 125 Å². The van der Waals surface area contributed by atoms with Gasteiger partial charge in [0.25, 0.3) is 0 Å². The third-order valence-electron chi connectivity index (χ3n) is 3.17. The van der Waals surface area contributed by atoms with Crippen molar-refractivity contribution in [3.05, 3.63) is 40.5 Å². The molecule has 0 saturated carbocycles. The number of hydrogen-bond acceptors (Lipinski definition) is 5. The Morgan fingerprint density at radius 3 is 2.80 bits per heavy atom. The van der Waals surface area contributed by atoms with E-state index in [4.69, 9.17) is 11.6 Å². The first-order valence-electron chi connectivity index (χ1n) is 6.33. The maximum absolute atomic E-state index is 6.05. The van der Waals surface area contributed by atoms with Crippen LogP contribution in [0, 0.1) is 6.92 Å². The smallest absolute Gasteiger partial charge is 0.189 e. The SMILES string of the molecule is CCc1c(Cl)nnc(Nc2nc3ccccc3s2)c1C. The van der Waals surface area contributed by atoms with Crippen LogP contribution in [-0.4, -0.2) is 15.2 Å². The number of rotatable bonds is 3. The van der Waals surface area contributed by atoms with Crippen LogP contribution in [-0.2, 0) is 6.42 Å². The molecule has 4 nitrogen and oxygen atoms in total. The maximum Gasteiger partial charge on any atom is 0.189 e. The summed E-state index contributed by atoms with van der Waals surface area (Å²) in [6.07, 6.45) is 0.828. The van der Waals surface area contributed by atoms with E-state index in [1.807, 2.05) is 25.1 Å². The summed E-state index contributed by atoms with van der Waals surface area (Å²) < 4.78 is 1.14. The first kappa shape index (κ1) is 13.3. The van der Waals surface area contributed by atoms with E-state index in [0.717, 1.165) is 32.9 Å². The van der Waals surface area contributed by atoms with Gasteiger partial charge in [0, 0.05) is 0 Å². The summed E-state index contributed by atoms with van der Waals surface area (Å²) in [7, 11) is 0. The molecule has 2 heterocycles. The highest BCUT2D eigenvalue weighted by atomic mass is 35.5. The summed E-state index contributed by atoms with van der Waals surface area (Å²) in [6.45, 7) is 4.05. The minimum absolute atomic E-state index is 0.472. The lowest BCUT2D eigenvalue weighted by Gasteiger charge is -2.09. The maximum atomic E-state index is 6.05. The zero-order valence-corrected chi connectivity index (χ0v) is 12.7. The molecule has 1 N–H and O–H groups in total. The Hall–Kier alpha value is -1.72. The van der Waals surface area contributed by atoms with Gasteiger partial charge in [0.05, 0.1) is 10.2 Å². The summed E-state index contributed by atoms with van der Waals surface area (Å²) in [5.41, 5.74) is 3.02. The summed E-state index contributed by atoms with van der Waals surface area (Å²) in [6, 6.07) is 8.03. The summed E-state index contributed by atoms with van der Waals surface area (Å²) >= 11 is 7.65. The molecule has 0 spiro atoms. The number of para-hydroxylation sites is 1. The zero-order valence-electron chi connectivity index (χ0n) is 11.1. The molecule has 3 rings (SSSR count). The van der Waals surface area contributed by atoms with Crippen LogP contribution in [0.4, 0.5) is 10.9 Å². The lowest BCUT2D eigenvalue weighted by atomic mass is 10.1. The zero-order chi connectivity index (χ0) is 14.1. The number of nitrogens with one attached hydrogen (secondary N) is 1. The second-order valence-corrected chi connectivity index (χ2v) is 5.80. The van der Waals surface area contributed by atoms with Crippen molar-refractivity contribution in [1.82, 2.24) is 15.2 Å². The molecule has 0 fully saturated rings. The van der Waals surface area contributed by atoms with Crippen LogP contribution in [0.3, 0.4) is 0 Å². The van der Waals surface area contributed by atoms with Gasteiger partial charge in [-0.2, -0.15) is 0 Å². The first-order chi connectivity index (χ1) is 9.69. The Balaban J connectivity index is 1.98. The Bertz CT molecular complexity index is 736. The molecule has 0 saturated heterocycles. The highest BCUT2D eigenvalue weighted by molar-refractivity contribution is 7.22. The van der Waals surface area contributed by atoms with Gasteiger partial charge in [-0.05, 0) is 36.6 Å². The lowest BCUT2D eigenvalue weighted by molar-refractivity contribution is 0.967. The van der Waals surface area contributed by atoms with Crippen LogP contribution in [0.1, 0.15) is 18.1 Å². The predicted molar refractivity (Wildman–Crippen MR) is 84.1 cm³/mol. The van der Waals surface area contributed by atoms with Crippen molar-refractivity contribution in [2.45, 2.75) is 20.3 Å². The highest BCUT2D eigenvalue weighted by Crippen LogP contribution is 2.30. The number of halogens is 1. The fourth-order valence-electron chi connectivity index (χ4n) is 2.08. The quantitative estimate of drug-likeness (QED) is 0.781. The van der Waals surface area contributed by atoms with Crippen LogP contribution in [0.15, 0.2) is 24.3 Å². The van der Waals surface area contributed by atoms with Crippen LogP contribution >= 0.6 is 22.9 Å². The summed E-state index contributed by atoms with van der Waals surface area (Å²) in [4.78, 5) is 4.53. The van der Waals surface area contributed by atoms with E-state index in [0.29, 0.717) is 11.0 Å². The van der Waals surface area contributed by atoms with Gasteiger partial charge in [0.2, 0.25) is 0 Å². The van der Waals surface area contributed by atoms with Gasteiger partial charge in [0.15, 0.2) is 16.1 Å². The molecule has 0 unspecified atom stereocenters. The highest BCUT2D eigenvalue weighted by Gasteiger charge is 2.12. The van der Waals surface area contributed by atoms with Crippen molar-refractivity contribution in [2.24, 2.45) is 0 Å². The van der Waals surface area contributed by atoms with Gasteiger partial charge in [-0.1, -0.05) is 42.0 Å². The number of fused-ring (bicyclic) bond motifs is 1. The average Bonchev–Trinajstić information content (AvgIpc) is 2.85. The lowest BCUT2D eigenvalue weighted by Crippen LogP contribution is -2.02. The third-order valence-corrected chi connectivity index (χ3v) is 4.42. The molecule has 3 aromatic rings. The molecule has 1 aromatic carbocycles. The molecule has 0 atom stereocenters. The summed E-state index contributed by atoms with van der Waals surface area (Å²) in [5.74, 6) is 0.713. The molecule has 0 amide bonds. The molecular weight excluding hydrogens is 292 g/mol. The fraction of sp³-hybridized carbons (Fsp3) is 0.214. The second-order valence-electron chi connectivity index (χ2n) is 4.41. The first-order valence-corrected chi connectivity index (χ1v) is 7.52. The van der Waals surface area contributed by atoms with E-state index in [9.17, 15) is 0 Å². The standard InChI is InChI=1S/C14H13ClN4S/c1-3-9-8(2)13(19-18-12(9)15)17-14-16-10-6-4-5-7-11(10)20-14/h4-7H,3H2,1-2H3,(H,16,17,19). The molecular formula is C14H13ClN4S. The molecule has 0 aliphatic rings. The van der Waals surface area contributed by atoms with E-state index in [2.05, 4.69) is 33.5 Å². The fourth-order valence-corrected chi connectivity index (χ4v) is 3.26. The monoisotopic (exact) mass is 304 g/mol. The number of aromatic nitrogens is 3. The molecule has 0 bridgehead atoms. The van der Waals surface area contributed by atoms with Crippen LogP contribution in [0.5, 0.6) is 0 Å². The Kier molecular flexibility index (Phi) is 3.54. The predicted octanol–water partition coefficient (Wildman–Crippen LogP) is 4.35. The van der Waals surface area contributed by atoms with Crippen LogP contribution < -0.4 is 5.32 Å². The molecule has 0 aliphatic carbocycles. The minimum atomic E-state index is 0.472. The van der Waals surface area contributed by atoms with E-state index < -0.39 is 0 Å². The van der Waals surface area contributed by atoms with Crippen LogP contribution in [0.2, 0.25) is 5.15 Å². The number of hydrogen-bond donors (Lipinski definition) is 1. The summed E-state index contributed by atoms with van der Waals surface area (Å²) in [5, 5.41) is 12.6. The van der Waals surface area contributed by atoms with Gasteiger partial charge in [-0.25, -0.2) is 4.98 Å². The Morgan fingerprint density at radius 2 is 2.05 bits per heavy atom. The van der Waals surface area contributed by atoms with Crippen molar-refractivity contribution < 1.29 is 0 Å². The molecule has 2 aromatic heterocycles. The molecule has 102 valence electrons. The number of nitrogens with zero attached hydrogens (tertiary/aromatic N) is 3. The van der Waals surface area contributed by atoms with Crippen molar-refractivity contribution >= 4 is 44.1 Å². The molecule has 0 aliphatic heterocycles. The normalized spacial score (nSPS) is 10.9. The average molecular weight is 305 g/mol.